The van der Waals surface area contributed by atoms with Crippen molar-refractivity contribution in [2.45, 2.75) is 31.6 Å². The van der Waals surface area contributed by atoms with Crippen molar-refractivity contribution in [1.29, 1.82) is 0 Å². The SMILES string of the molecule is CCC(Cl)CCNC(=O)Cc1ccc(F)cc1. The zero-order valence-corrected chi connectivity index (χ0v) is 10.6. The van der Waals surface area contributed by atoms with Gasteiger partial charge in [0, 0.05) is 11.9 Å². The summed E-state index contributed by atoms with van der Waals surface area (Å²) in [4.78, 5) is 11.5. The number of hydrogen-bond acceptors (Lipinski definition) is 1. The highest BCUT2D eigenvalue weighted by Gasteiger charge is 2.05. The molecule has 1 aromatic rings. The topological polar surface area (TPSA) is 29.1 Å². The highest BCUT2D eigenvalue weighted by molar-refractivity contribution is 6.20. The van der Waals surface area contributed by atoms with Gasteiger partial charge in [-0.25, -0.2) is 4.39 Å². The van der Waals surface area contributed by atoms with Gasteiger partial charge in [-0.3, -0.25) is 4.79 Å². The molecule has 0 spiro atoms. The van der Waals surface area contributed by atoms with Crippen molar-refractivity contribution in [3.05, 3.63) is 35.6 Å². The van der Waals surface area contributed by atoms with Crippen molar-refractivity contribution >= 4 is 17.5 Å². The highest BCUT2D eigenvalue weighted by atomic mass is 35.5. The first-order valence-corrected chi connectivity index (χ1v) is 6.20. The second-order valence-electron chi connectivity index (χ2n) is 3.95. The van der Waals surface area contributed by atoms with E-state index in [1.807, 2.05) is 6.92 Å². The zero-order chi connectivity index (χ0) is 12.7. The van der Waals surface area contributed by atoms with E-state index in [0.717, 1.165) is 18.4 Å². The monoisotopic (exact) mass is 257 g/mol. The third kappa shape index (κ3) is 5.68. The number of benzene rings is 1. The van der Waals surface area contributed by atoms with Gasteiger partial charge in [0.1, 0.15) is 5.82 Å². The summed E-state index contributed by atoms with van der Waals surface area (Å²) in [6, 6.07) is 5.94. The molecule has 2 nitrogen and oxygen atoms in total. The maximum atomic E-state index is 12.6. The smallest absolute Gasteiger partial charge is 0.224 e. The van der Waals surface area contributed by atoms with Gasteiger partial charge in [-0.2, -0.15) is 0 Å². The molecule has 1 unspecified atom stereocenters. The lowest BCUT2D eigenvalue weighted by Gasteiger charge is -2.08. The average molecular weight is 258 g/mol. The van der Waals surface area contributed by atoms with Crippen LogP contribution in [0.2, 0.25) is 0 Å². The number of hydrogen-bond donors (Lipinski definition) is 1. The first-order chi connectivity index (χ1) is 8.11. The van der Waals surface area contributed by atoms with Crippen LogP contribution in [0.15, 0.2) is 24.3 Å². The molecular formula is C13H17ClFNO. The Balaban J connectivity index is 2.27. The number of halogens is 2. The summed E-state index contributed by atoms with van der Waals surface area (Å²) in [6.07, 6.45) is 1.95. The lowest BCUT2D eigenvalue weighted by Crippen LogP contribution is -2.27. The minimum absolute atomic E-state index is 0.0587. The van der Waals surface area contributed by atoms with Crippen molar-refractivity contribution in [1.82, 2.24) is 5.32 Å². The summed E-state index contributed by atoms with van der Waals surface area (Å²) in [5, 5.41) is 2.91. The van der Waals surface area contributed by atoms with Gasteiger partial charge in [0.2, 0.25) is 5.91 Å². The van der Waals surface area contributed by atoms with Crippen LogP contribution in [0.5, 0.6) is 0 Å². The molecule has 0 aliphatic rings. The van der Waals surface area contributed by atoms with Gasteiger partial charge in [0.05, 0.1) is 6.42 Å². The van der Waals surface area contributed by atoms with Crippen LogP contribution in [0.25, 0.3) is 0 Å². The lowest BCUT2D eigenvalue weighted by atomic mass is 10.1. The van der Waals surface area contributed by atoms with Crippen molar-refractivity contribution < 1.29 is 9.18 Å². The van der Waals surface area contributed by atoms with Crippen LogP contribution in [0.4, 0.5) is 4.39 Å². The molecular weight excluding hydrogens is 241 g/mol. The maximum absolute atomic E-state index is 12.6. The molecule has 94 valence electrons. The Kier molecular flexibility index (Phi) is 5.98. The molecule has 1 amide bonds. The summed E-state index contributed by atoms with van der Waals surface area (Å²) < 4.78 is 12.6. The number of rotatable bonds is 6. The van der Waals surface area contributed by atoms with E-state index < -0.39 is 0 Å². The standard InChI is InChI=1S/C13H17ClFNO/c1-2-11(14)7-8-16-13(17)9-10-3-5-12(15)6-4-10/h3-6,11H,2,7-9H2,1H3,(H,16,17). The lowest BCUT2D eigenvalue weighted by molar-refractivity contribution is -0.120. The van der Waals surface area contributed by atoms with E-state index >= 15 is 0 Å². The van der Waals surface area contributed by atoms with E-state index in [1.165, 1.54) is 12.1 Å². The Morgan fingerprint density at radius 3 is 2.65 bits per heavy atom. The first-order valence-electron chi connectivity index (χ1n) is 5.77. The molecule has 1 rings (SSSR count). The molecule has 0 bridgehead atoms. The minimum atomic E-state index is -0.290. The van der Waals surface area contributed by atoms with Gasteiger partial charge in [-0.05, 0) is 30.5 Å². The zero-order valence-electron chi connectivity index (χ0n) is 9.88. The van der Waals surface area contributed by atoms with E-state index in [4.69, 9.17) is 11.6 Å². The number of carbonyl (C=O) groups excluding carboxylic acids is 1. The molecule has 17 heavy (non-hydrogen) atoms. The van der Waals surface area contributed by atoms with Crippen LogP contribution in [-0.4, -0.2) is 17.8 Å². The van der Waals surface area contributed by atoms with Crippen LogP contribution in [0.1, 0.15) is 25.3 Å². The molecule has 0 fully saturated rings. The normalized spacial score (nSPS) is 12.2. The van der Waals surface area contributed by atoms with Crippen LogP contribution in [-0.2, 0) is 11.2 Å². The molecule has 1 N–H and O–H groups in total. The molecule has 1 aromatic carbocycles. The molecule has 0 radical (unpaired) electrons. The first kappa shape index (κ1) is 14.0. The summed E-state index contributed by atoms with van der Waals surface area (Å²) in [5.41, 5.74) is 0.807. The molecule has 0 aromatic heterocycles. The second kappa shape index (κ2) is 7.28. The van der Waals surface area contributed by atoms with Crippen LogP contribution >= 0.6 is 11.6 Å². The fourth-order valence-electron chi connectivity index (χ4n) is 1.42. The molecule has 4 heteroatoms. The van der Waals surface area contributed by atoms with E-state index in [9.17, 15) is 9.18 Å². The summed E-state index contributed by atoms with van der Waals surface area (Å²) >= 11 is 5.93. The Morgan fingerprint density at radius 1 is 1.41 bits per heavy atom. The Hall–Kier alpha value is -1.09. The van der Waals surface area contributed by atoms with Gasteiger partial charge < -0.3 is 5.32 Å². The fraction of sp³-hybridized carbons (Fsp3) is 0.462. The molecule has 0 aliphatic heterocycles. The van der Waals surface area contributed by atoms with E-state index in [1.54, 1.807) is 12.1 Å². The predicted molar refractivity (Wildman–Crippen MR) is 67.7 cm³/mol. The maximum Gasteiger partial charge on any atom is 0.224 e. The number of amides is 1. The summed E-state index contributed by atoms with van der Waals surface area (Å²) in [7, 11) is 0. The predicted octanol–water partition coefficient (Wildman–Crippen LogP) is 2.89. The van der Waals surface area contributed by atoms with Gasteiger partial charge in [-0.15, -0.1) is 11.6 Å². The van der Waals surface area contributed by atoms with Crippen LogP contribution in [0, 0.1) is 5.82 Å². The Morgan fingerprint density at radius 2 is 2.06 bits per heavy atom. The van der Waals surface area contributed by atoms with Gasteiger partial charge in [0.15, 0.2) is 0 Å². The summed E-state index contributed by atoms with van der Waals surface area (Å²) in [6.45, 7) is 2.60. The minimum Gasteiger partial charge on any atom is -0.356 e. The van der Waals surface area contributed by atoms with Crippen LogP contribution in [0.3, 0.4) is 0 Å². The van der Waals surface area contributed by atoms with E-state index in [2.05, 4.69) is 5.32 Å². The molecule has 0 aliphatic carbocycles. The third-order valence-corrected chi connectivity index (χ3v) is 3.03. The highest BCUT2D eigenvalue weighted by Crippen LogP contribution is 2.05. The van der Waals surface area contributed by atoms with E-state index in [-0.39, 0.29) is 23.5 Å². The summed E-state index contributed by atoms with van der Waals surface area (Å²) in [5.74, 6) is -0.348. The second-order valence-corrected chi connectivity index (χ2v) is 4.56. The molecule has 0 heterocycles. The quantitative estimate of drug-likeness (QED) is 0.780. The Labute approximate surface area is 106 Å². The number of nitrogens with one attached hydrogen (secondary N) is 1. The van der Waals surface area contributed by atoms with Crippen molar-refractivity contribution in [2.24, 2.45) is 0 Å². The molecule has 1 atom stereocenters. The van der Waals surface area contributed by atoms with Crippen molar-refractivity contribution in [2.75, 3.05) is 6.54 Å². The Bertz CT molecular complexity index is 353. The van der Waals surface area contributed by atoms with Gasteiger partial charge >= 0.3 is 0 Å². The molecule has 0 saturated heterocycles. The number of alkyl halides is 1. The molecule has 0 saturated carbocycles. The number of carbonyl (C=O) groups is 1. The van der Waals surface area contributed by atoms with Crippen molar-refractivity contribution in [3.63, 3.8) is 0 Å². The van der Waals surface area contributed by atoms with Crippen molar-refractivity contribution in [3.8, 4) is 0 Å². The fourth-order valence-corrected chi connectivity index (χ4v) is 1.53. The largest absolute Gasteiger partial charge is 0.356 e. The van der Waals surface area contributed by atoms with Crippen LogP contribution < -0.4 is 5.32 Å². The van der Waals surface area contributed by atoms with Gasteiger partial charge in [0.25, 0.3) is 0 Å². The third-order valence-electron chi connectivity index (χ3n) is 2.50. The van der Waals surface area contributed by atoms with Gasteiger partial charge in [-0.1, -0.05) is 19.1 Å². The van der Waals surface area contributed by atoms with E-state index in [0.29, 0.717) is 6.54 Å². The average Bonchev–Trinajstić information content (AvgIpc) is 2.32.